The molecule has 1 amide bonds. The van der Waals surface area contributed by atoms with Crippen molar-refractivity contribution in [3.8, 4) is 11.8 Å². The Bertz CT molecular complexity index is 535. The summed E-state index contributed by atoms with van der Waals surface area (Å²) < 4.78 is 15.8. The Morgan fingerprint density at radius 2 is 1.95 bits per heavy atom. The maximum Gasteiger partial charge on any atom is 0.292 e. The van der Waals surface area contributed by atoms with Crippen LogP contribution in [0.25, 0.3) is 0 Å². The Hall–Kier alpha value is -1.89. The molecule has 2 fully saturated rings. The van der Waals surface area contributed by atoms with E-state index in [1.807, 2.05) is 4.90 Å². The number of ether oxygens (including phenoxy) is 3. The van der Waals surface area contributed by atoms with Crippen molar-refractivity contribution in [2.45, 2.75) is 31.2 Å². The molecule has 1 unspecified atom stereocenters. The van der Waals surface area contributed by atoms with E-state index in [4.69, 9.17) is 14.2 Å². The van der Waals surface area contributed by atoms with Crippen LogP contribution < -0.4 is 9.47 Å². The molecule has 1 atom stereocenters. The van der Waals surface area contributed by atoms with E-state index >= 15 is 0 Å². The molecule has 3 rings (SSSR count). The summed E-state index contributed by atoms with van der Waals surface area (Å²) in [5, 5.41) is 0. The number of likely N-dealkylation sites (tertiary alicyclic amines) is 1. The molecule has 2 aliphatic rings. The van der Waals surface area contributed by atoms with E-state index in [1.165, 1.54) is 14.2 Å². The van der Waals surface area contributed by atoms with E-state index in [-0.39, 0.29) is 17.3 Å². The predicted molar refractivity (Wildman–Crippen MR) is 78.2 cm³/mol. The summed E-state index contributed by atoms with van der Waals surface area (Å²) in [5.41, 5.74) is -0.199. The molecule has 7 nitrogen and oxygen atoms in total. The van der Waals surface area contributed by atoms with Gasteiger partial charge in [0.05, 0.1) is 32.4 Å². The molecule has 2 saturated heterocycles. The highest BCUT2D eigenvalue weighted by atomic mass is 16.5. The fourth-order valence-corrected chi connectivity index (χ4v) is 3.25. The standard InChI is InChI=1S/C15H21N3O4/c1-20-11-9-12(21-2)17-13(16-11)14(19)18-7-4-3-5-15(18)6-8-22-10-15/h9H,3-8,10H2,1-2H3. The predicted octanol–water partition coefficient (Wildman–Crippen LogP) is 1.28. The van der Waals surface area contributed by atoms with Gasteiger partial charge in [0.15, 0.2) is 0 Å². The summed E-state index contributed by atoms with van der Waals surface area (Å²) in [6, 6.07) is 1.56. The number of hydrogen-bond donors (Lipinski definition) is 0. The quantitative estimate of drug-likeness (QED) is 0.837. The fraction of sp³-hybridized carbons (Fsp3) is 0.667. The van der Waals surface area contributed by atoms with Crippen LogP contribution >= 0.6 is 0 Å². The number of aromatic nitrogens is 2. The van der Waals surface area contributed by atoms with Crippen LogP contribution in [0.3, 0.4) is 0 Å². The van der Waals surface area contributed by atoms with Crippen molar-refractivity contribution in [2.24, 2.45) is 0 Å². The minimum Gasteiger partial charge on any atom is -0.481 e. The molecule has 0 aromatic carbocycles. The van der Waals surface area contributed by atoms with E-state index in [0.29, 0.717) is 31.5 Å². The lowest BCUT2D eigenvalue weighted by Crippen LogP contribution is -2.55. The number of hydrogen-bond acceptors (Lipinski definition) is 6. The van der Waals surface area contributed by atoms with Gasteiger partial charge in [-0.25, -0.2) is 0 Å². The second-order valence-corrected chi connectivity index (χ2v) is 5.72. The third-order valence-corrected chi connectivity index (χ3v) is 4.46. The van der Waals surface area contributed by atoms with Gasteiger partial charge in [0.1, 0.15) is 0 Å². The lowest BCUT2D eigenvalue weighted by molar-refractivity contribution is 0.0243. The first-order chi connectivity index (χ1) is 10.7. The average Bonchev–Trinajstić information content (AvgIpc) is 3.02. The lowest BCUT2D eigenvalue weighted by Gasteiger charge is -2.43. The molecule has 0 N–H and O–H groups in total. The second-order valence-electron chi connectivity index (χ2n) is 5.72. The third kappa shape index (κ3) is 2.61. The van der Waals surface area contributed by atoms with E-state index in [0.717, 1.165) is 25.7 Å². The topological polar surface area (TPSA) is 73.8 Å². The normalized spacial score (nSPS) is 24.5. The molecule has 22 heavy (non-hydrogen) atoms. The van der Waals surface area contributed by atoms with Crippen molar-refractivity contribution >= 4 is 5.91 Å². The van der Waals surface area contributed by atoms with Crippen LogP contribution in [0.1, 0.15) is 36.3 Å². The molecule has 120 valence electrons. The van der Waals surface area contributed by atoms with Crippen LogP contribution in [0.5, 0.6) is 11.8 Å². The largest absolute Gasteiger partial charge is 0.481 e. The van der Waals surface area contributed by atoms with Gasteiger partial charge in [-0.05, 0) is 25.7 Å². The Morgan fingerprint density at radius 1 is 1.23 bits per heavy atom. The van der Waals surface area contributed by atoms with E-state index in [2.05, 4.69) is 9.97 Å². The number of methoxy groups -OCH3 is 2. The lowest BCUT2D eigenvalue weighted by atomic mass is 9.85. The molecule has 0 aliphatic carbocycles. The number of carbonyl (C=O) groups excluding carboxylic acids is 1. The molecular formula is C15H21N3O4. The van der Waals surface area contributed by atoms with Gasteiger partial charge in [-0.1, -0.05) is 0 Å². The smallest absolute Gasteiger partial charge is 0.292 e. The number of carbonyl (C=O) groups is 1. The molecule has 0 bridgehead atoms. The molecule has 3 heterocycles. The number of amides is 1. The van der Waals surface area contributed by atoms with Crippen molar-refractivity contribution in [1.29, 1.82) is 0 Å². The Balaban J connectivity index is 1.92. The first-order valence-electron chi connectivity index (χ1n) is 7.55. The van der Waals surface area contributed by atoms with Gasteiger partial charge in [-0.15, -0.1) is 0 Å². The maximum atomic E-state index is 12.9. The minimum atomic E-state index is -0.199. The van der Waals surface area contributed by atoms with Crippen LogP contribution in [0, 0.1) is 0 Å². The highest BCUT2D eigenvalue weighted by Gasteiger charge is 2.45. The van der Waals surface area contributed by atoms with Crippen molar-refractivity contribution < 1.29 is 19.0 Å². The molecular weight excluding hydrogens is 286 g/mol. The molecule has 0 saturated carbocycles. The van der Waals surface area contributed by atoms with Crippen molar-refractivity contribution in [1.82, 2.24) is 14.9 Å². The molecule has 2 aliphatic heterocycles. The number of piperidine rings is 1. The minimum absolute atomic E-state index is 0.115. The third-order valence-electron chi connectivity index (χ3n) is 4.46. The van der Waals surface area contributed by atoms with Gasteiger partial charge in [0.25, 0.3) is 5.91 Å². The summed E-state index contributed by atoms with van der Waals surface area (Å²) in [5.74, 6) is 0.583. The highest BCUT2D eigenvalue weighted by Crippen LogP contribution is 2.36. The van der Waals surface area contributed by atoms with Crippen LogP contribution in [-0.4, -0.2) is 60.3 Å². The number of rotatable bonds is 3. The van der Waals surface area contributed by atoms with Gasteiger partial charge in [-0.2, -0.15) is 9.97 Å². The Morgan fingerprint density at radius 3 is 2.55 bits per heavy atom. The van der Waals surface area contributed by atoms with E-state index in [1.54, 1.807) is 6.07 Å². The van der Waals surface area contributed by atoms with Crippen LogP contribution in [0.15, 0.2) is 6.07 Å². The highest BCUT2D eigenvalue weighted by molar-refractivity contribution is 5.91. The van der Waals surface area contributed by atoms with Gasteiger partial charge in [0, 0.05) is 13.2 Å². The molecule has 1 spiro atoms. The maximum absolute atomic E-state index is 12.9. The fourth-order valence-electron chi connectivity index (χ4n) is 3.25. The molecule has 7 heteroatoms. The van der Waals surface area contributed by atoms with E-state index in [9.17, 15) is 4.79 Å². The van der Waals surface area contributed by atoms with Gasteiger partial charge >= 0.3 is 0 Å². The Kier molecular flexibility index (Phi) is 4.15. The van der Waals surface area contributed by atoms with Gasteiger partial charge in [-0.3, -0.25) is 4.79 Å². The van der Waals surface area contributed by atoms with Crippen LogP contribution in [0.4, 0.5) is 0 Å². The first kappa shape index (κ1) is 15.0. The summed E-state index contributed by atoms with van der Waals surface area (Å²) in [6.45, 7) is 2.01. The second kappa shape index (κ2) is 6.08. The monoisotopic (exact) mass is 307 g/mol. The average molecular weight is 307 g/mol. The van der Waals surface area contributed by atoms with Gasteiger partial charge < -0.3 is 19.1 Å². The van der Waals surface area contributed by atoms with Crippen molar-refractivity contribution in [3.63, 3.8) is 0 Å². The van der Waals surface area contributed by atoms with Crippen LogP contribution in [-0.2, 0) is 4.74 Å². The first-order valence-corrected chi connectivity index (χ1v) is 7.55. The van der Waals surface area contributed by atoms with Crippen molar-refractivity contribution in [3.05, 3.63) is 11.9 Å². The van der Waals surface area contributed by atoms with Crippen molar-refractivity contribution in [2.75, 3.05) is 34.0 Å². The zero-order chi connectivity index (χ0) is 15.6. The number of nitrogens with zero attached hydrogens (tertiary/aromatic N) is 3. The summed E-state index contributed by atoms with van der Waals surface area (Å²) in [4.78, 5) is 23.2. The SMILES string of the molecule is COc1cc(OC)nc(C(=O)N2CCCCC23CCOC3)n1. The molecule has 1 aromatic rings. The summed E-state index contributed by atoms with van der Waals surface area (Å²) >= 11 is 0. The zero-order valence-corrected chi connectivity index (χ0v) is 13.0. The van der Waals surface area contributed by atoms with Crippen LogP contribution in [0.2, 0.25) is 0 Å². The Labute approximate surface area is 129 Å². The van der Waals surface area contributed by atoms with Gasteiger partial charge in [0.2, 0.25) is 17.6 Å². The molecule has 1 aromatic heterocycles. The summed E-state index contributed by atoms with van der Waals surface area (Å²) in [6.07, 6.45) is 3.96. The molecule has 0 radical (unpaired) electrons. The zero-order valence-electron chi connectivity index (χ0n) is 13.0. The summed E-state index contributed by atoms with van der Waals surface area (Å²) in [7, 11) is 3.01. The van der Waals surface area contributed by atoms with E-state index < -0.39 is 0 Å².